The van der Waals surface area contributed by atoms with Crippen molar-refractivity contribution in [1.82, 2.24) is 20.6 Å². The Balaban J connectivity index is 1.76. The first-order chi connectivity index (χ1) is 11.3. The van der Waals surface area contributed by atoms with Crippen molar-refractivity contribution >= 4 is 11.8 Å². The zero-order valence-corrected chi connectivity index (χ0v) is 14.3. The van der Waals surface area contributed by atoms with Crippen molar-refractivity contribution in [3.63, 3.8) is 0 Å². The average molecular weight is 330 g/mol. The van der Waals surface area contributed by atoms with Gasteiger partial charge in [-0.05, 0) is 57.0 Å². The van der Waals surface area contributed by atoms with Gasteiger partial charge >= 0.3 is 0 Å². The molecule has 0 aliphatic heterocycles. The van der Waals surface area contributed by atoms with Crippen LogP contribution in [-0.2, 0) is 16.1 Å². The predicted molar refractivity (Wildman–Crippen MR) is 89.4 cm³/mol. The summed E-state index contributed by atoms with van der Waals surface area (Å²) in [5.74, 6) is -0.173. The van der Waals surface area contributed by atoms with Crippen molar-refractivity contribution < 1.29 is 14.3 Å². The Morgan fingerprint density at radius 2 is 1.62 bits per heavy atom. The van der Waals surface area contributed by atoms with E-state index >= 15 is 0 Å². The molecule has 128 valence electrons. The lowest BCUT2D eigenvalue weighted by molar-refractivity contribution is -0.130. The Labute approximate surface area is 141 Å². The Morgan fingerprint density at radius 1 is 1.00 bits per heavy atom. The van der Waals surface area contributed by atoms with E-state index in [4.69, 9.17) is 4.74 Å². The number of benzene rings is 1. The Hall–Kier alpha value is -2.83. The van der Waals surface area contributed by atoms with Gasteiger partial charge in [0.25, 0.3) is 11.8 Å². The van der Waals surface area contributed by atoms with Crippen LogP contribution in [-0.4, -0.2) is 28.2 Å². The number of nitrogens with one attached hydrogen (secondary N) is 2. The smallest absolute Gasteiger partial charge is 0.276 e. The maximum atomic E-state index is 11.8. The van der Waals surface area contributed by atoms with Gasteiger partial charge in [0.15, 0.2) is 6.61 Å². The van der Waals surface area contributed by atoms with Crippen molar-refractivity contribution in [2.75, 3.05) is 6.61 Å². The van der Waals surface area contributed by atoms with Crippen molar-refractivity contribution in [2.45, 2.75) is 34.2 Å². The summed E-state index contributed by atoms with van der Waals surface area (Å²) in [4.78, 5) is 23.6. The van der Waals surface area contributed by atoms with Gasteiger partial charge in [0.05, 0.1) is 5.69 Å². The number of hydrogen-bond acceptors (Lipinski definition) is 4. The molecule has 1 heterocycles. The second-order valence-corrected chi connectivity index (χ2v) is 5.79. The minimum atomic E-state index is -0.434. The van der Waals surface area contributed by atoms with E-state index in [1.165, 1.54) is 0 Å². The molecular weight excluding hydrogens is 308 g/mol. The van der Waals surface area contributed by atoms with Crippen LogP contribution >= 0.6 is 0 Å². The summed E-state index contributed by atoms with van der Waals surface area (Å²) in [5, 5.41) is 4.19. The fraction of sp³-hybridized carbons (Fsp3) is 0.353. The number of aromatic nitrogens is 2. The SMILES string of the molecule is Cc1cc(C)cc(OCC(=O)NNC(=O)Cn2nc(C)cc2C)c1. The molecule has 0 fully saturated rings. The van der Waals surface area contributed by atoms with Gasteiger partial charge in [-0.25, -0.2) is 0 Å². The van der Waals surface area contributed by atoms with Gasteiger partial charge in [0.1, 0.15) is 12.3 Å². The van der Waals surface area contributed by atoms with Crippen LogP contribution in [0.5, 0.6) is 5.75 Å². The molecule has 2 aromatic rings. The quantitative estimate of drug-likeness (QED) is 0.810. The number of amides is 2. The third-order valence-corrected chi connectivity index (χ3v) is 3.30. The van der Waals surface area contributed by atoms with Crippen LogP contribution in [0.15, 0.2) is 24.3 Å². The van der Waals surface area contributed by atoms with Crippen LogP contribution in [0.2, 0.25) is 0 Å². The molecule has 1 aromatic carbocycles. The number of carbonyl (C=O) groups is 2. The van der Waals surface area contributed by atoms with E-state index in [1.807, 2.05) is 52.0 Å². The van der Waals surface area contributed by atoms with E-state index in [0.29, 0.717) is 5.75 Å². The van der Waals surface area contributed by atoms with E-state index in [1.54, 1.807) is 4.68 Å². The molecule has 7 heteroatoms. The van der Waals surface area contributed by atoms with Gasteiger partial charge in [0.2, 0.25) is 0 Å². The van der Waals surface area contributed by atoms with Crippen molar-refractivity contribution in [2.24, 2.45) is 0 Å². The largest absolute Gasteiger partial charge is 0.484 e. The van der Waals surface area contributed by atoms with Gasteiger partial charge in [-0.1, -0.05) is 6.07 Å². The Morgan fingerprint density at radius 3 is 2.21 bits per heavy atom. The number of nitrogens with zero attached hydrogens (tertiary/aromatic N) is 2. The number of carbonyl (C=O) groups excluding carboxylic acids is 2. The van der Waals surface area contributed by atoms with E-state index in [0.717, 1.165) is 22.5 Å². The van der Waals surface area contributed by atoms with Crippen molar-refractivity contribution in [3.8, 4) is 5.75 Å². The molecule has 24 heavy (non-hydrogen) atoms. The summed E-state index contributed by atoms with van der Waals surface area (Å²) >= 11 is 0. The van der Waals surface area contributed by atoms with Gasteiger partial charge in [0, 0.05) is 5.69 Å². The first kappa shape index (κ1) is 17.5. The molecular formula is C17H22N4O3. The number of ether oxygens (including phenoxy) is 1. The standard InChI is InChI=1S/C17H22N4O3/c1-11-5-12(2)7-15(6-11)24-10-17(23)19-18-16(22)9-21-14(4)8-13(3)20-21/h5-8H,9-10H2,1-4H3,(H,18,22)(H,19,23). The molecule has 0 aliphatic carbocycles. The average Bonchev–Trinajstić information content (AvgIpc) is 2.79. The highest BCUT2D eigenvalue weighted by Crippen LogP contribution is 2.15. The van der Waals surface area contributed by atoms with Gasteiger partial charge in [-0.15, -0.1) is 0 Å². The normalized spacial score (nSPS) is 10.3. The molecule has 2 N–H and O–H groups in total. The summed E-state index contributed by atoms with van der Waals surface area (Å²) in [7, 11) is 0. The number of hydrogen-bond donors (Lipinski definition) is 2. The minimum absolute atomic E-state index is 0.0396. The fourth-order valence-electron chi connectivity index (χ4n) is 2.35. The monoisotopic (exact) mass is 330 g/mol. The highest BCUT2D eigenvalue weighted by atomic mass is 16.5. The van der Waals surface area contributed by atoms with Gasteiger partial charge in [-0.2, -0.15) is 5.10 Å². The highest BCUT2D eigenvalue weighted by Gasteiger charge is 2.09. The molecule has 0 spiro atoms. The topological polar surface area (TPSA) is 85.3 Å². The third kappa shape index (κ3) is 5.12. The second-order valence-electron chi connectivity index (χ2n) is 5.79. The van der Waals surface area contributed by atoms with Crippen LogP contribution < -0.4 is 15.6 Å². The van der Waals surface area contributed by atoms with Gasteiger partial charge < -0.3 is 4.74 Å². The molecule has 0 saturated heterocycles. The van der Waals surface area contributed by atoms with E-state index in [2.05, 4.69) is 16.0 Å². The third-order valence-electron chi connectivity index (χ3n) is 3.30. The van der Waals surface area contributed by atoms with E-state index in [-0.39, 0.29) is 19.1 Å². The molecule has 0 unspecified atom stereocenters. The second kappa shape index (κ2) is 7.63. The minimum Gasteiger partial charge on any atom is -0.484 e. The lowest BCUT2D eigenvalue weighted by atomic mass is 10.1. The summed E-state index contributed by atoms with van der Waals surface area (Å²) in [5.41, 5.74) is 8.51. The summed E-state index contributed by atoms with van der Waals surface area (Å²) in [6.45, 7) is 7.50. The van der Waals surface area contributed by atoms with Crippen LogP contribution in [0, 0.1) is 27.7 Å². The number of hydrazine groups is 1. The van der Waals surface area contributed by atoms with Crippen molar-refractivity contribution in [1.29, 1.82) is 0 Å². The molecule has 7 nitrogen and oxygen atoms in total. The number of aryl methyl sites for hydroxylation is 4. The van der Waals surface area contributed by atoms with E-state index < -0.39 is 5.91 Å². The summed E-state index contributed by atoms with van der Waals surface area (Å²) in [6, 6.07) is 7.60. The van der Waals surface area contributed by atoms with E-state index in [9.17, 15) is 9.59 Å². The van der Waals surface area contributed by atoms with Crippen LogP contribution in [0.1, 0.15) is 22.5 Å². The maximum Gasteiger partial charge on any atom is 0.276 e. The Bertz CT molecular complexity index is 732. The molecule has 0 atom stereocenters. The fourth-order valence-corrected chi connectivity index (χ4v) is 2.35. The lowest BCUT2D eigenvalue weighted by Gasteiger charge is -2.10. The zero-order valence-electron chi connectivity index (χ0n) is 14.3. The van der Waals surface area contributed by atoms with Gasteiger partial charge in [-0.3, -0.25) is 25.1 Å². The molecule has 0 saturated carbocycles. The number of rotatable bonds is 5. The maximum absolute atomic E-state index is 11.8. The Kier molecular flexibility index (Phi) is 5.57. The molecule has 2 amide bonds. The molecule has 0 aliphatic rings. The van der Waals surface area contributed by atoms with Crippen LogP contribution in [0.4, 0.5) is 0 Å². The van der Waals surface area contributed by atoms with Crippen molar-refractivity contribution in [3.05, 3.63) is 46.8 Å². The van der Waals surface area contributed by atoms with Crippen LogP contribution in [0.25, 0.3) is 0 Å². The molecule has 2 rings (SSSR count). The molecule has 1 aromatic heterocycles. The molecule has 0 radical (unpaired) electrons. The predicted octanol–water partition coefficient (Wildman–Crippen LogP) is 1.34. The first-order valence-electron chi connectivity index (χ1n) is 7.63. The highest BCUT2D eigenvalue weighted by molar-refractivity contribution is 5.82. The van der Waals surface area contributed by atoms with Crippen LogP contribution in [0.3, 0.4) is 0 Å². The zero-order chi connectivity index (χ0) is 17.7. The summed E-state index contributed by atoms with van der Waals surface area (Å²) in [6.07, 6.45) is 0. The lowest BCUT2D eigenvalue weighted by Crippen LogP contribution is -2.45. The first-order valence-corrected chi connectivity index (χ1v) is 7.63. The molecule has 0 bridgehead atoms. The summed E-state index contributed by atoms with van der Waals surface area (Å²) < 4.78 is 6.99.